The van der Waals surface area contributed by atoms with E-state index in [2.05, 4.69) is 0 Å². The SMILES string of the molecule is OC[C@H]1O[C@@H](c2cccc(-c3cccs3)c2)[C@H](O)[C@@H]1O. The highest BCUT2D eigenvalue weighted by atomic mass is 32.1. The second kappa shape index (κ2) is 5.63. The van der Waals surface area contributed by atoms with E-state index in [0.717, 1.165) is 16.0 Å². The van der Waals surface area contributed by atoms with Crippen molar-refractivity contribution in [3.05, 3.63) is 47.3 Å². The molecule has 0 spiro atoms. The molecule has 2 heterocycles. The Balaban J connectivity index is 1.90. The van der Waals surface area contributed by atoms with Gasteiger partial charge >= 0.3 is 0 Å². The number of benzene rings is 1. The minimum absolute atomic E-state index is 0.306. The zero-order valence-corrected chi connectivity index (χ0v) is 11.5. The van der Waals surface area contributed by atoms with Crippen LogP contribution in [-0.2, 0) is 4.74 Å². The van der Waals surface area contributed by atoms with E-state index in [1.54, 1.807) is 11.3 Å². The third-order valence-electron chi connectivity index (χ3n) is 3.56. The van der Waals surface area contributed by atoms with Gasteiger partial charge in [0.15, 0.2) is 0 Å². The molecule has 0 aliphatic carbocycles. The highest BCUT2D eigenvalue weighted by Gasteiger charge is 2.42. The molecule has 1 fully saturated rings. The molecule has 5 heteroatoms. The van der Waals surface area contributed by atoms with Crippen molar-refractivity contribution in [3.8, 4) is 10.4 Å². The fraction of sp³-hybridized carbons (Fsp3) is 0.333. The Morgan fingerprint density at radius 1 is 1.10 bits per heavy atom. The van der Waals surface area contributed by atoms with Crippen LogP contribution in [0, 0.1) is 0 Å². The van der Waals surface area contributed by atoms with Crippen LogP contribution in [0.4, 0.5) is 0 Å². The minimum atomic E-state index is -1.06. The van der Waals surface area contributed by atoms with E-state index in [0.29, 0.717) is 0 Å². The van der Waals surface area contributed by atoms with Crippen molar-refractivity contribution in [3.63, 3.8) is 0 Å². The number of thiophene rings is 1. The van der Waals surface area contributed by atoms with Gasteiger partial charge in [-0.1, -0.05) is 24.3 Å². The molecule has 0 bridgehead atoms. The summed E-state index contributed by atoms with van der Waals surface area (Å²) in [5.74, 6) is 0. The normalized spacial score (nSPS) is 29.8. The van der Waals surface area contributed by atoms with Gasteiger partial charge < -0.3 is 20.1 Å². The Morgan fingerprint density at radius 3 is 2.60 bits per heavy atom. The van der Waals surface area contributed by atoms with Crippen LogP contribution in [0.15, 0.2) is 41.8 Å². The highest BCUT2D eigenvalue weighted by Crippen LogP contribution is 2.35. The second-order valence-electron chi connectivity index (χ2n) is 4.86. The third-order valence-corrected chi connectivity index (χ3v) is 4.48. The summed E-state index contributed by atoms with van der Waals surface area (Å²) >= 11 is 1.64. The minimum Gasteiger partial charge on any atom is -0.394 e. The lowest BCUT2D eigenvalue weighted by Crippen LogP contribution is -2.32. The van der Waals surface area contributed by atoms with Crippen molar-refractivity contribution in [2.45, 2.75) is 24.4 Å². The van der Waals surface area contributed by atoms with Gasteiger partial charge in [0.2, 0.25) is 0 Å². The van der Waals surface area contributed by atoms with Gasteiger partial charge in [-0.15, -0.1) is 11.3 Å². The van der Waals surface area contributed by atoms with E-state index in [4.69, 9.17) is 9.84 Å². The first kappa shape index (κ1) is 13.7. The molecule has 1 aromatic carbocycles. The molecule has 20 heavy (non-hydrogen) atoms. The number of aliphatic hydroxyl groups excluding tert-OH is 3. The zero-order chi connectivity index (χ0) is 14.1. The Morgan fingerprint density at radius 2 is 1.95 bits per heavy atom. The number of hydrogen-bond donors (Lipinski definition) is 3. The Kier molecular flexibility index (Phi) is 3.87. The van der Waals surface area contributed by atoms with Crippen LogP contribution < -0.4 is 0 Å². The molecule has 0 saturated carbocycles. The molecule has 1 aliphatic rings. The van der Waals surface area contributed by atoms with Gasteiger partial charge in [-0.25, -0.2) is 0 Å². The molecule has 4 nitrogen and oxygen atoms in total. The summed E-state index contributed by atoms with van der Waals surface area (Å²) < 4.78 is 5.55. The molecule has 1 aliphatic heterocycles. The Hall–Kier alpha value is -1.24. The molecular weight excluding hydrogens is 276 g/mol. The summed E-state index contributed by atoms with van der Waals surface area (Å²) in [7, 11) is 0. The maximum atomic E-state index is 10.1. The fourth-order valence-electron chi connectivity index (χ4n) is 2.49. The van der Waals surface area contributed by atoms with Crippen LogP contribution >= 0.6 is 11.3 Å². The van der Waals surface area contributed by atoms with Crippen molar-refractivity contribution >= 4 is 11.3 Å². The van der Waals surface area contributed by atoms with E-state index < -0.39 is 24.4 Å². The molecular formula is C15H16O4S. The molecule has 4 atom stereocenters. The number of aliphatic hydroxyl groups is 3. The maximum absolute atomic E-state index is 10.1. The van der Waals surface area contributed by atoms with Crippen LogP contribution in [0.1, 0.15) is 11.7 Å². The summed E-state index contributed by atoms with van der Waals surface area (Å²) in [6, 6.07) is 11.7. The van der Waals surface area contributed by atoms with Crippen LogP contribution in [0.5, 0.6) is 0 Å². The quantitative estimate of drug-likeness (QED) is 0.803. The largest absolute Gasteiger partial charge is 0.394 e. The molecule has 3 N–H and O–H groups in total. The van der Waals surface area contributed by atoms with Gasteiger partial charge in [0.1, 0.15) is 24.4 Å². The summed E-state index contributed by atoms with van der Waals surface area (Å²) in [5, 5.41) is 31.0. The van der Waals surface area contributed by atoms with Crippen molar-refractivity contribution < 1.29 is 20.1 Å². The van der Waals surface area contributed by atoms with Crippen molar-refractivity contribution in [1.29, 1.82) is 0 Å². The van der Waals surface area contributed by atoms with Gasteiger partial charge in [0, 0.05) is 4.88 Å². The van der Waals surface area contributed by atoms with Gasteiger partial charge in [-0.3, -0.25) is 0 Å². The molecule has 0 amide bonds. The average molecular weight is 292 g/mol. The molecule has 2 aromatic rings. The first-order valence-corrected chi connectivity index (χ1v) is 7.35. The third kappa shape index (κ3) is 2.39. The number of hydrogen-bond acceptors (Lipinski definition) is 5. The van der Waals surface area contributed by atoms with E-state index in [9.17, 15) is 10.2 Å². The standard InChI is InChI=1S/C15H16O4S/c16-8-11-13(17)14(18)15(19-11)10-4-1-3-9(7-10)12-5-2-6-20-12/h1-7,11,13-18H,8H2/t11-,13-,14-,15+/m1/s1. The number of ether oxygens (including phenoxy) is 1. The predicted molar refractivity (Wildman–Crippen MR) is 76.5 cm³/mol. The smallest absolute Gasteiger partial charge is 0.113 e. The van der Waals surface area contributed by atoms with Crippen molar-refractivity contribution in [2.24, 2.45) is 0 Å². The zero-order valence-electron chi connectivity index (χ0n) is 10.7. The topological polar surface area (TPSA) is 69.9 Å². The van der Waals surface area contributed by atoms with Gasteiger partial charge in [0.25, 0.3) is 0 Å². The average Bonchev–Trinajstić information content (AvgIpc) is 3.10. The Bertz CT molecular complexity index is 569. The highest BCUT2D eigenvalue weighted by molar-refractivity contribution is 7.13. The fourth-order valence-corrected chi connectivity index (χ4v) is 3.21. The molecule has 1 saturated heterocycles. The lowest BCUT2D eigenvalue weighted by Gasteiger charge is -2.15. The van der Waals surface area contributed by atoms with Gasteiger partial charge in [-0.2, -0.15) is 0 Å². The van der Waals surface area contributed by atoms with E-state index in [1.165, 1.54) is 0 Å². The van der Waals surface area contributed by atoms with E-state index >= 15 is 0 Å². The predicted octanol–water partition coefficient (Wildman–Crippen LogP) is 1.57. The summed E-state index contributed by atoms with van der Waals surface area (Å²) in [5.41, 5.74) is 1.86. The Labute approximate surface area is 120 Å². The van der Waals surface area contributed by atoms with Crippen LogP contribution in [-0.4, -0.2) is 40.2 Å². The van der Waals surface area contributed by atoms with Gasteiger partial charge in [-0.05, 0) is 28.6 Å². The van der Waals surface area contributed by atoms with Crippen molar-refractivity contribution in [2.75, 3.05) is 6.61 Å². The summed E-state index contributed by atoms with van der Waals surface area (Å²) in [6.45, 7) is -0.306. The molecule has 0 unspecified atom stereocenters. The molecule has 3 rings (SSSR count). The van der Waals surface area contributed by atoms with E-state index in [-0.39, 0.29) is 6.61 Å². The summed E-state index contributed by atoms with van der Waals surface area (Å²) in [6.07, 6.45) is -3.43. The van der Waals surface area contributed by atoms with Crippen LogP contribution in [0.2, 0.25) is 0 Å². The maximum Gasteiger partial charge on any atom is 0.113 e. The second-order valence-corrected chi connectivity index (χ2v) is 5.81. The van der Waals surface area contributed by atoms with Crippen LogP contribution in [0.25, 0.3) is 10.4 Å². The molecule has 106 valence electrons. The first-order chi connectivity index (χ1) is 9.70. The first-order valence-electron chi connectivity index (χ1n) is 6.47. The lowest BCUT2D eigenvalue weighted by molar-refractivity contribution is -0.0227. The van der Waals surface area contributed by atoms with E-state index in [1.807, 2.05) is 41.8 Å². The molecule has 1 aromatic heterocycles. The van der Waals surface area contributed by atoms with Crippen LogP contribution in [0.3, 0.4) is 0 Å². The van der Waals surface area contributed by atoms with Gasteiger partial charge in [0.05, 0.1) is 6.61 Å². The number of rotatable bonds is 3. The van der Waals surface area contributed by atoms with Crippen molar-refractivity contribution in [1.82, 2.24) is 0 Å². The monoisotopic (exact) mass is 292 g/mol. The lowest BCUT2D eigenvalue weighted by atomic mass is 9.99. The summed E-state index contributed by atoms with van der Waals surface area (Å²) in [4.78, 5) is 1.14. The molecule has 0 radical (unpaired) electrons.